The van der Waals surface area contributed by atoms with Crippen molar-refractivity contribution in [2.45, 2.75) is 44.2 Å². The number of carbonyl (C=O) groups excluding carboxylic acids is 1. The number of carbonyl (C=O) groups is 1. The summed E-state index contributed by atoms with van der Waals surface area (Å²) in [6.45, 7) is 3.78. The van der Waals surface area contributed by atoms with Gasteiger partial charge in [0.25, 0.3) is 0 Å². The molecule has 2 aromatic rings. The van der Waals surface area contributed by atoms with Crippen molar-refractivity contribution in [2.75, 3.05) is 33.3 Å². The molecule has 0 unspecified atom stereocenters. The van der Waals surface area contributed by atoms with Gasteiger partial charge in [0.15, 0.2) is 0 Å². The van der Waals surface area contributed by atoms with Crippen LogP contribution in [-0.4, -0.2) is 55.2 Å². The van der Waals surface area contributed by atoms with Gasteiger partial charge in [-0.15, -0.1) is 0 Å². The summed E-state index contributed by atoms with van der Waals surface area (Å²) in [5.41, 5.74) is 4.11. The Bertz CT molecular complexity index is 916. The molecule has 2 amide bonds. The second-order valence-corrected chi connectivity index (χ2v) is 9.19. The maximum Gasteiger partial charge on any atom is 0.317 e. The molecular formula is C26H33N3O2. The van der Waals surface area contributed by atoms with E-state index in [9.17, 15) is 4.79 Å². The average Bonchev–Trinajstić information content (AvgIpc) is 2.82. The second kappa shape index (κ2) is 8.91. The zero-order chi connectivity index (χ0) is 21.2. The highest BCUT2D eigenvalue weighted by molar-refractivity contribution is 5.74. The van der Waals surface area contributed by atoms with Crippen LogP contribution in [0.5, 0.6) is 5.75 Å². The smallest absolute Gasteiger partial charge is 0.317 e. The van der Waals surface area contributed by atoms with Crippen LogP contribution in [0, 0.1) is 5.92 Å². The Hall–Kier alpha value is -2.53. The molecule has 0 radical (unpaired) electrons. The highest BCUT2D eigenvalue weighted by Crippen LogP contribution is 2.43. The first-order valence-corrected chi connectivity index (χ1v) is 11.7. The number of piperidine rings is 2. The van der Waals surface area contributed by atoms with Crippen LogP contribution in [0.1, 0.15) is 42.0 Å². The van der Waals surface area contributed by atoms with Gasteiger partial charge < -0.3 is 15.0 Å². The number of urea groups is 1. The van der Waals surface area contributed by atoms with Crippen molar-refractivity contribution in [3.05, 3.63) is 65.2 Å². The van der Waals surface area contributed by atoms with Gasteiger partial charge in [0.2, 0.25) is 0 Å². The summed E-state index contributed by atoms with van der Waals surface area (Å²) >= 11 is 0. The lowest BCUT2D eigenvalue weighted by molar-refractivity contribution is 0.00576. The molecule has 0 saturated carbocycles. The minimum absolute atomic E-state index is 0.116. The average molecular weight is 420 g/mol. The van der Waals surface area contributed by atoms with Crippen molar-refractivity contribution in [3.8, 4) is 5.75 Å². The molecule has 0 aromatic heterocycles. The van der Waals surface area contributed by atoms with E-state index in [4.69, 9.17) is 4.74 Å². The van der Waals surface area contributed by atoms with Crippen molar-refractivity contribution < 1.29 is 9.53 Å². The lowest BCUT2D eigenvalue weighted by Crippen LogP contribution is -2.59. The van der Waals surface area contributed by atoms with E-state index in [0.717, 1.165) is 51.1 Å². The molecule has 2 fully saturated rings. The van der Waals surface area contributed by atoms with E-state index in [1.54, 1.807) is 7.11 Å². The monoisotopic (exact) mass is 419 g/mol. The van der Waals surface area contributed by atoms with Crippen LogP contribution >= 0.6 is 0 Å². The van der Waals surface area contributed by atoms with Crippen molar-refractivity contribution in [2.24, 2.45) is 5.92 Å². The normalized spacial score (nSPS) is 25.2. The molecule has 5 nitrogen and oxygen atoms in total. The number of hydrogen-bond acceptors (Lipinski definition) is 3. The number of fused-ring (bicyclic) bond motifs is 4. The first-order valence-electron chi connectivity index (χ1n) is 11.7. The number of methoxy groups -OCH3 is 1. The first-order chi connectivity index (χ1) is 15.2. The summed E-state index contributed by atoms with van der Waals surface area (Å²) in [5.74, 6) is 1.53. The zero-order valence-corrected chi connectivity index (χ0v) is 18.4. The minimum Gasteiger partial charge on any atom is -0.497 e. The fraction of sp³-hybridized carbons (Fsp3) is 0.500. The maximum absolute atomic E-state index is 13.1. The van der Waals surface area contributed by atoms with Gasteiger partial charge in [0.05, 0.1) is 7.11 Å². The van der Waals surface area contributed by atoms with Gasteiger partial charge in [-0.05, 0) is 66.8 Å². The highest BCUT2D eigenvalue weighted by atomic mass is 16.5. The lowest BCUT2D eigenvalue weighted by Gasteiger charge is -2.52. The van der Waals surface area contributed by atoms with Gasteiger partial charge in [-0.2, -0.15) is 0 Å². The maximum atomic E-state index is 13.1. The number of ether oxygens (including phenoxy) is 1. The Morgan fingerprint density at radius 2 is 2.03 bits per heavy atom. The van der Waals surface area contributed by atoms with Gasteiger partial charge in [0, 0.05) is 38.3 Å². The standard InChI is InChI=1S/C26H33N3O2/c1-31-22-9-10-23-20(16-22)12-15-28-18-21-8-5-14-29(24(21)17-25(23)28)26(30)27-13-11-19-6-3-2-4-7-19/h2-4,6-7,9-10,16,21,24-25H,5,8,11-15,17-18H2,1H3,(H,27,30)/t21-,24+,25+/m0/s1. The fourth-order valence-corrected chi connectivity index (χ4v) is 5.87. The van der Waals surface area contributed by atoms with Crippen molar-refractivity contribution in [1.29, 1.82) is 0 Å². The van der Waals surface area contributed by atoms with Crippen LogP contribution in [0.25, 0.3) is 0 Å². The topological polar surface area (TPSA) is 44.8 Å². The van der Waals surface area contributed by atoms with Crippen LogP contribution in [0.4, 0.5) is 4.79 Å². The van der Waals surface area contributed by atoms with E-state index < -0.39 is 0 Å². The Balaban J connectivity index is 1.27. The van der Waals surface area contributed by atoms with Gasteiger partial charge in [-0.1, -0.05) is 36.4 Å². The molecule has 31 heavy (non-hydrogen) atoms. The number of nitrogens with zero attached hydrogens (tertiary/aromatic N) is 2. The quantitative estimate of drug-likeness (QED) is 0.814. The molecule has 0 aliphatic carbocycles. The third kappa shape index (κ3) is 4.16. The van der Waals surface area contributed by atoms with Gasteiger partial charge >= 0.3 is 6.03 Å². The van der Waals surface area contributed by atoms with Crippen molar-refractivity contribution in [3.63, 3.8) is 0 Å². The number of amides is 2. The summed E-state index contributed by atoms with van der Waals surface area (Å²) in [5, 5.41) is 3.20. The predicted octanol–water partition coefficient (Wildman–Crippen LogP) is 4.03. The van der Waals surface area contributed by atoms with Crippen LogP contribution in [-0.2, 0) is 12.8 Å². The summed E-state index contributed by atoms with van der Waals surface area (Å²) in [6, 6.07) is 17.8. The molecule has 164 valence electrons. The van der Waals surface area contributed by atoms with Crippen LogP contribution < -0.4 is 10.1 Å². The molecule has 3 aliphatic rings. The Morgan fingerprint density at radius 1 is 1.16 bits per heavy atom. The minimum atomic E-state index is 0.116. The molecule has 2 aromatic carbocycles. The third-order valence-electron chi connectivity index (χ3n) is 7.46. The highest BCUT2D eigenvalue weighted by Gasteiger charge is 2.43. The number of nitrogens with one attached hydrogen (secondary N) is 1. The SMILES string of the molecule is COc1ccc2c(c1)CCN1C[C@@H]3CCCN(C(=O)NCCc4ccccc4)[C@@H]3C[C@H]21. The molecule has 0 bridgehead atoms. The molecule has 3 heterocycles. The second-order valence-electron chi connectivity index (χ2n) is 9.19. The third-order valence-corrected chi connectivity index (χ3v) is 7.46. The molecule has 0 spiro atoms. The Labute approximate surface area is 185 Å². The van der Waals surface area contributed by atoms with Crippen LogP contribution in [0.15, 0.2) is 48.5 Å². The molecule has 3 aliphatic heterocycles. The number of rotatable bonds is 4. The van der Waals surface area contributed by atoms with E-state index in [1.165, 1.54) is 23.1 Å². The van der Waals surface area contributed by atoms with E-state index in [0.29, 0.717) is 24.5 Å². The first kappa shape index (κ1) is 20.4. The Morgan fingerprint density at radius 3 is 2.87 bits per heavy atom. The van der Waals surface area contributed by atoms with E-state index in [1.807, 2.05) is 6.07 Å². The molecular weight excluding hydrogens is 386 g/mol. The molecule has 5 heteroatoms. The van der Waals surface area contributed by atoms with Crippen LogP contribution in [0.3, 0.4) is 0 Å². The van der Waals surface area contributed by atoms with Gasteiger partial charge in [0.1, 0.15) is 5.75 Å². The summed E-state index contributed by atoms with van der Waals surface area (Å²) in [6.07, 6.45) is 5.34. The number of benzene rings is 2. The summed E-state index contributed by atoms with van der Waals surface area (Å²) in [7, 11) is 1.73. The van der Waals surface area contributed by atoms with Gasteiger partial charge in [-0.3, -0.25) is 4.90 Å². The number of hydrogen-bond donors (Lipinski definition) is 1. The molecule has 1 N–H and O–H groups in total. The number of likely N-dealkylation sites (tertiary alicyclic amines) is 1. The lowest BCUT2D eigenvalue weighted by atomic mass is 9.76. The zero-order valence-electron chi connectivity index (χ0n) is 18.4. The summed E-state index contributed by atoms with van der Waals surface area (Å²) < 4.78 is 5.45. The van der Waals surface area contributed by atoms with Crippen LogP contribution in [0.2, 0.25) is 0 Å². The molecule has 3 atom stereocenters. The molecule has 5 rings (SSSR count). The Kier molecular flexibility index (Phi) is 5.86. The summed E-state index contributed by atoms with van der Waals surface area (Å²) in [4.78, 5) is 17.9. The van der Waals surface area contributed by atoms with E-state index >= 15 is 0 Å². The van der Waals surface area contributed by atoms with Crippen molar-refractivity contribution in [1.82, 2.24) is 15.1 Å². The van der Waals surface area contributed by atoms with Crippen molar-refractivity contribution >= 4 is 6.03 Å². The van der Waals surface area contributed by atoms with E-state index in [2.05, 4.69) is 57.6 Å². The predicted molar refractivity (Wildman–Crippen MR) is 122 cm³/mol. The van der Waals surface area contributed by atoms with Gasteiger partial charge in [-0.25, -0.2) is 4.79 Å². The fourth-order valence-electron chi connectivity index (χ4n) is 5.87. The largest absolute Gasteiger partial charge is 0.497 e. The molecule has 2 saturated heterocycles. The van der Waals surface area contributed by atoms with E-state index in [-0.39, 0.29) is 6.03 Å².